The smallest absolute Gasteiger partial charge is 0.0806 e. The highest BCUT2D eigenvalue weighted by Crippen LogP contribution is 2.27. The molecule has 0 heterocycles. The Morgan fingerprint density at radius 3 is 2.54 bits per heavy atom. The number of anilines is 1. The van der Waals surface area contributed by atoms with Crippen molar-refractivity contribution in [3.63, 3.8) is 0 Å². The summed E-state index contributed by atoms with van der Waals surface area (Å²) in [4.78, 5) is 0.555. The monoisotopic (exact) mass is 217 g/mol. The molecule has 0 spiro atoms. The van der Waals surface area contributed by atoms with E-state index in [0.717, 1.165) is 0 Å². The van der Waals surface area contributed by atoms with Gasteiger partial charge in [-0.3, -0.25) is 4.21 Å². The van der Waals surface area contributed by atoms with Crippen molar-refractivity contribution in [3.05, 3.63) is 23.2 Å². The van der Waals surface area contributed by atoms with E-state index in [4.69, 9.17) is 17.3 Å². The first-order chi connectivity index (χ1) is 6.04. The maximum absolute atomic E-state index is 11.7. The Bertz CT molecular complexity index is 318. The van der Waals surface area contributed by atoms with Gasteiger partial charge in [0.05, 0.1) is 20.7 Å². The Kier molecular flexibility index (Phi) is 3.33. The molecule has 0 bridgehead atoms. The van der Waals surface area contributed by atoms with Gasteiger partial charge in [-0.15, -0.1) is 0 Å². The van der Waals surface area contributed by atoms with E-state index >= 15 is 0 Å². The summed E-state index contributed by atoms with van der Waals surface area (Å²) in [5.41, 5.74) is 6.18. The SMILES string of the molecule is CC(C)S(=O)c1c(N)cccc1Cl. The van der Waals surface area contributed by atoms with Crippen LogP contribution in [0.2, 0.25) is 5.02 Å². The lowest BCUT2D eigenvalue weighted by Gasteiger charge is -2.09. The summed E-state index contributed by atoms with van der Waals surface area (Å²) in [6.07, 6.45) is 0. The molecule has 2 nitrogen and oxygen atoms in total. The van der Waals surface area contributed by atoms with Gasteiger partial charge >= 0.3 is 0 Å². The van der Waals surface area contributed by atoms with Crippen LogP contribution in [0.15, 0.2) is 23.1 Å². The second-order valence-electron chi connectivity index (χ2n) is 3.00. The van der Waals surface area contributed by atoms with Gasteiger partial charge < -0.3 is 5.73 Å². The van der Waals surface area contributed by atoms with E-state index < -0.39 is 10.8 Å². The average Bonchev–Trinajstić information content (AvgIpc) is 2.03. The molecule has 0 aliphatic rings. The lowest BCUT2D eigenvalue weighted by molar-refractivity contribution is 0.677. The lowest BCUT2D eigenvalue weighted by Crippen LogP contribution is -2.08. The highest BCUT2D eigenvalue weighted by atomic mass is 35.5. The molecule has 2 N–H and O–H groups in total. The quantitative estimate of drug-likeness (QED) is 0.774. The average molecular weight is 218 g/mol. The van der Waals surface area contributed by atoms with Gasteiger partial charge in [0.15, 0.2) is 0 Å². The Balaban J connectivity index is 3.20. The number of nitrogen functional groups attached to an aromatic ring is 1. The zero-order chi connectivity index (χ0) is 10.0. The molecule has 72 valence electrons. The first-order valence-electron chi connectivity index (χ1n) is 3.98. The normalized spacial score (nSPS) is 13.2. The molecular formula is C9H12ClNOS. The molecule has 1 atom stereocenters. The summed E-state index contributed by atoms with van der Waals surface area (Å²) in [5, 5.41) is 0.509. The van der Waals surface area contributed by atoms with E-state index in [1.54, 1.807) is 18.2 Å². The highest BCUT2D eigenvalue weighted by Gasteiger charge is 2.14. The Morgan fingerprint density at radius 2 is 2.08 bits per heavy atom. The maximum atomic E-state index is 11.7. The third-order valence-corrected chi connectivity index (χ3v) is 3.77. The van der Waals surface area contributed by atoms with E-state index in [1.165, 1.54) is 0 Å². The third-order valence-electron chi connectivity index (χ3n) is 1.63. The molecule has 0 amide bonds. The molecule has 1 aromatic rings. The minimum atomic E-state index is -1.12. The van der Waals surface area contributed by atoms with Crippen LogP contribution < -0.4 is 5.73 Å². The predicted octanol–water partition coefficient (Wildman–Crippen LogP) is 2.44. The topological polar surface area (TPSA) is 43.1 Å². The summed E-state index contributed by atoms with van der Waals surface area (Å²) in [5.74, 6) is 0. The number of benzene rings is 1. The minimum Gasteiger partial charge on any atom is -0.398 e. The van der Waals surface area contributed by atoms with Gasteiger partial charge in [-0.2, -0.15) is 0 Å². The van der Waals surface area contributed by atoms with Crippen LogP contribution in [0.25, 0.3) is 0 Å². The zero-order valence-electron chi connectivity index (χ0n) is 7.58. The van der Waals surface area contributed by atoms with Crippen molar-refractivity contribution >= 4 is 28.1 Å². The summed E-state index contributed by atoms with van der Waals surface area (Å²) in [6.45, 7) is 3.75. The van der Waals surface area contributed by atoms with Crippen molar-refractivity contribution in [2.75, 3.05) is 5.73 Å². The largest absolute Gasteiger partial charge is 0.398 e. The van der Waals surface area contributed by atoms with Crippen molar-refractivity contribution in [1.29, 1.82) is 0 Å². The van der Waals surface area contributed by atoms with Crippen molar-refractivity contribution < 1.29 is 4.21 Å². The molecule has 13 heavy (non-hydrogen) atoms. The zero-order valence-corrected chi connectivity index (χ0v) is 9.15. The molecule has 0 saturated heterocycles. The number of rotatable bonds is 2. The second kappa shape index (κ2) is 4.11. The Morgan fingerprint density at radius 1 is 1.46 bits per heavy atom. The third kappa shape index (κ3) is 2.23. The van der Waals surface area contributed by atoms with Crippen LogP contribution in [0, 0.1) is 0 Å². The fraction of sp³-hybridized carbons (Fsp3) is 0.333. The summed E-state index contributed by atoms with van der Waals surface area (Å²) in [7, 11) is -1.12. The second-order valence-corrected chi connectivity index (χ2v) is 5.36. The van der Waals surface area contributed by atoms with Crippen LogP contribution in [-0.2, 0) is 10.8 Å². The molecule has 0 aromatic heterocycles. The van der Waals surface area contributed by atoms with Gasteiger partial charge in [0.1, 0.15) is 0 Å². The summed E-state index contributed by atoms with van der Waals surface area (Å²) < 4.78 is 11.7. The van der Waals surface area contributed by atoms with Gasteiger partial charge in [-0.1, -0.05) is 31.5 Å². The maximum Gasteiger partial charge on any atom is 0.0806 e. The Hall–Kier alpha value is -0.540. The van der Waals surface area contributed by atoms with Gasteiger partial charge in [-0.05, 0) is 12.1 Å². The fourth-order valence-electron chi connectivity index (χ4n) is 0.973. The van der Waals surface area contributed by atoms with Crippen LogP contribution >= 0.6 is 11.6 Å². The lowest BCUT2D eigenvalue weighted by atomic mass is 10.3. The van der Waals surface area contributed by atoms with Crippen LogP contribution in [0.1, 0.15) is 13.8 Å². The predicted molar refractivity (Wildman–Crippen MR) is 57.4 cm³/mol. The number of halogens is 1. The van der Waals surface area contributed by atoms with Crippen LogP contribution in [0.4, 0.5) is 5.69 Å². The fourth-order valence-corrected chi connectivity index (χ4v) is 2.42. The first kappa shape index (κ1) is 10.5. The highest BCUT2D eigenvalue weighted by molar-refractivity contribution is 7.86. The molecule has 4 heteroatoms. The molecule has 0 aliphatic heterocycles. The molecule has 1 unspecified atom stereocenters. The summed E-state index contributed by atoms with van der Waals surface area (Å²) >= 11 is 5.90. The van der Waals surface area contributed by atoms with E-state index in [2.05, 4.69) is 0 Å². The van der Waals surface area contributed by atoms with Crippen molar-refractivity contribution in [1.82, 2.24) is 0 Å². The van der Waals surface area contributed by atoms with E-state index in [1.807, 2.05) is 13.8 Å². The number of nitrogens with two attached hydrogens (primary N) is 1. The van der Waals surface area contributed by atoms with Crippen LogP contribution in [-0.4, -0.2) is 9.46 Å². The van der Waals surface area contributed by atoms with E-state index in [-0.39, 0.29) is 5.25 Å². The van der Waals surface area contributed by atoms with E-state index in [9.17, 15) is 4.21 Å². The van der Waals surface area contributed by atoms with Crippen molar-refractivity contribution in [3.8, 4) is 0 Å². The molecule has 0 aliphatic carbocycles. The minimum absolute atomic E-state index is 0.0298. The number of hydrogen-bond donors (Lipinski definition) is 1. The van der Waals surface area contributed by atoms with Gasteiger partial charge in [-0.25, -0.2) is 0 Å². The standard InChI is InChI=1S/C9H12ClNOS/c1-6(2)13(12)9-7(10)4-3-5-8(9)11/h3-6H,11H2,1-2H3. The first-order valence-corrected chi connectivity index (χ1v) is 5.57. The van der Waals surface area contributed by atoms with Crippen LogP contribution in [0.3, 0.4) is 0 Å². The van der Waals surface area contributed by atoms with Crippen LogP contribution in [0.5, 0.6) is 0 Å². The van der Waals surface area contributed by atoms with Crippen molar-refractivity contribution in [2.24, 2.45) is 0 Å². The molecular weight excluding hydrogens is 206 g/mol. The van der Waals surface area contributed by atoms with Gasteiger partial charge in [0.25, 0.3) is 0 Å². The molecule has 1 aromatic carbocycles. The van der Waals surface area contributed by atoms with Crippen molar-refractivity contribution in [2.45, 2.75) is 24.0 Å². The van der Waals surface area contributed by atoms with Gasteiger partial charge in [0, 0.05) is 10.9 Å². The molecule has 0 radical (unpaired) electrons. The summed E-state index contributed by atoms with van der Waals surface area (Å²) in [6, 6.07) is 5.16. The molecule has 1 rings (SSSR count). The Labute approximate surface area is 85.5 Å². The van der Waals surface area contributed by atoms with E-state index in [0.29, 0.717) is 15.6 Å². The molecule has 0 saturated carbocycles. The van der Waals surface area contributed by atoms with Gasteiger partial charge in [0.2, 0.25) is 0 Å². The molecule has 0 fully saturated rings. The number of hydrogen-bond acceptors (Lipinski definition) is 2.